The Hall–Kier alpha value is -2.01. The SMILES string of the molecule is Cc1cc(Cl)ccc1O[C@H](C)C(=O)N1CCC(c2nccn2C)CC1. The Morgan fingerprint density at radius 3 is 2.68 bits per heavy atom. The van der Waals surface area contributed by atoms with E-state index in [2.05, 4.69) is 9.55 Å². The molecule has 5 nitrogen and oxygen atoms in total. The van der Waals surface area contributed by atoms with Crippen molar-refractivity contribution in [2.24, 2.45) is 7.05 Å². The molecule has 1 aliphatic rings. The van der Waals surface area contributed by atoms with Gasteiger partial charge in [-0.05, 0) is 50.5 Å². The third-order valence-electron chi connectivity index (χ3n) is 4.82. The van der Waals surface area contributed by atoms with E-state index in [1.807, 2.05) is 43.4 Å². The van der Waals surface area contributed by atoms with Crippen molar-refractivity contribution >= 4 is 17.5 Å². The van der Waals surface area contributed by atoms with E-state index in [1.54, 1.807) is 13.0 Å². The maximum atomic E-state index is 12.7. The number of likely N-dealkylation sites (tertiary alicyclic amines) is 1. The predicted octanol–water partition coefficient (Wildman–Crippen LogP) is 3.56. The first kappa shape index (κ1) is 17.8. The first-order chi connectivity index (χ1) is 12.0. The third kappa shape index (κ3) is 3.98. The van der Waals surface area contributed by atoms with Crippen LogP contribution < -0.4 is 4.74 Å². The summed E-state index contributed by atoms with van der Waals surface area (Å²) in [6.45, 7) is 5.21. The second-order valence-electron chi connectivity index (χ2n) is 6.67. The molecule has 0 unspecified atom stereocenters. The highest BCUT2D eigenvalue weighted by atomic mass is 35.5. The number of imidazole rings is 1. The fraction of sp³-hybridized carbons (Fsp3) is 0.474. The molecule has 1 atom stereocenters. The van der Waals surface area contributed by atoms with Crippen LogP contribution in [0.4, 0.5) is 0 Å². The maximum Gasteiger partial charge on any atom is 0.263 e. The molecule has 134 valence electrons. The summed E-state index contributed by atoms with van der Waals surface area (Å²) in [5, 5.41) is 0.667. The fourth-order valence-corrected chi connectivity index (χ4v) is 3.60. The number of aromatic nitrogens is 2. The molecule has 1 aliphatic heterocycles. The number of amides is 1. The van der Waals surface area contributed by atoms with Gasteiger partial charge in [0.1, 0.15) is 11.6 Å². The van der Waals surface area contributed by atoms with E-state index in [-0.39, 0.29) is 5.91 Å². The summed E-state index contributed by atoms with van der Waals surface area (Å²) in [5.41, 5.74) is 0.931. The maximum absolute atomic E-state index is 12.7. The van der Waals surface area contributed by atoms with Crippen molar-refractivity contribution in [3.8, 4) is 5.75 Å². The van der Waals surface area contributed by atoms with Gasteiger partial charge in [0.2, 0.25) is 0 Å². The second-order valence-corrected chi connectivity index (χ2v) is 7.10. The topological polar surface area (TPSA) is 47.4 Å². The second kappa shape index (κ2) is 7.48. The Labute approximate surface area is 153 Å². The minimum absolute atomic E-state index is 0.0349. The third-order valence-corrected chi connectivity index (χ3v) is 5.05. The Morgan fingerprint density at radius 1 is 1.36 bits per heavy atom. The van der Waals surface area contributed by atoms with E-state index in [1.165, 1.54) is 0 Å². The van der Waals surface area contributed by atoms with Gasteiger partial charge in [-0.25, -0.2) is 4.98 Å². The van der Waals surface area contributed by atoms with Crippen LogP contribution in [0.1, 0.15) is 37.1 Å². The van der Waals surface area contributed by atoms with E-state index < -0.39 is 6.10 Å². The summed E-state index contributed by atoms with van der Waals surface area (Å²) in [4.78, 5) is 19.0. The van der Waals surface area contributed by atoms with Gasteiger partial charge in [-0.15, -0.1) is 0 Å². The Bertz CT molecular complexity index is 751. The highest BCUT2D eigenvalue weighted by Crippen LogP contribution is 2.28. The largest absolute Gasteiger partial charge is 0.481 e. The summed E-state index contributed by atoms with van der Waals surface area (Å²) in [6, 6.07) is 5.43. The van der Waals surface area contributed by atoms with E-state index in [4.69, 9.17) is 16.3 Å². The summed E-state index contributed by atoms with van der Waals surface area (Å²) in [5.74, 6) is 2.26. The molecule has 2 heterocycles. The number of hydrogen-bond acceptors (Lipinski definition) is 3. The van der Waals surface area contributed by atoms with Crippen molar-refractivity contribution in [1.82, 2.24) is 14.5 Å². The van der Waals surface area contributed by atoms with Crippen molar-refractivity contribution in [1.29, 1.82) is 0 Å². The zero-order valence-electron chi connectivity index (χ0n) is 14.9. The van der Waals surface area contributed by atoms with Gasteiger partial charge in [0.25, 0.3) is 5.91 Å². The number of hydrogen-bond donors (Lipinski definition) is 0. The van der Waals surface area contributed by atoms with Gasteiger partial charge >= 0.3 is 0 Å². The number of carbonyl (C=O) groups is 1. The van der Waals surface area contributed by atoms with Gasteiger partial charge < -0.3 is 14.2 Å². The van der Waals surface area contributed by atoms with Crippen molar-refractivity contribution in [3.63, 3.8) is 0 Å². The monoisotopic (exact) mass is 361 g/mol. The highest BCUT2D eigenvalue weighted by Gasteiger charge is 2.29. The lowest BCUT2D eigenvalue weighted by molar-refractivity contribution is -0.139. The molecule has 0 saturated carbocycles. The number of rotatable bonds is 4. The number of aryl methyl sites for hydroxylation is 2. The van der Waals surface area contributed by atoms with Gasteiger partial charge in [-0.2, -0.15) is 0 Å². The zero-order chi connectivity index (χ0) is 18.0. The fourth-order valence-electron chi connectivity index (χ4n) is 3.37. The average molecular weight is 362 g/mol. The van der Waals surface area contributed by atoms with Crippen molar-refractivity contribution in [2.75, 3.05) is 13.1 Å². The summed E-state index contributed by atoms with van der Waals surface area (Å²) < 4.78 is 7.93. The van der Waals surface area contributed by atoms with Gasteiger partial charge in [0.05, 0.1) is 0 Å². The van der Waals surface area contributed by atoms with Crippen LogP contribution in [0.2, 0.25) is 5.02 Å². The lowest BCUT2D eigenvalue weighted by Gasteiger charge is -2.33. The van der Waals surface area contributed by atoms with E-state index in [0.29, 0.717) is 16.7 Å². The molecule has 1 saturated heterocycles. The lowest BCUT2D eigenvalue weighted by Crippen LogP contribution is -2.44. The molecule has 1 aromatic carbocycles. The van der Waals surface area contributed by atoms with Gasteiger partial charge in [0.15, 0.2) is 6.10 Å². The minimum Gasteiger partial charge on any atom is -0.481 e. The normalized spacial score (nSPS) is 16.7. The van der Waals surface area contributed by atoms with Crippen LogP contribution in [-0.2, 0) is 11.8 Å². The molecular formula is C19H24ClN3O2. The Morgan fingerprint density at radius 2 is 2.08 bits per heavy atom. The molecule has 1 aromatic heterocycles. The van der Waals surface area contributed by atoms with E-state index in [0.717, 1.165) is 37.3 Å². The minimum atomic E-state index is -0.510. The van der Waals surface area contributed by atoms with Gasteiger partial charge in [0, 0.05) is 43.5 Å². The van der Waals surface area contributed by atoms with Crippen LogP contribution in [0, 0.1) is 6.92 Å². The zero-order valence-corrected chi connectivity index (χ0v) is 15.7. The molecular weight excluding hydrogens is 338 g/mol. The van der Waals surface area contributed by atoms with Crippen molar-refractivity contribution < 1.29 is 9.53 Å². The van der Waals surface area contributed by atoms with Crippen LogP contribution in [0.15, 0.2) is 30.6 Å². The quantitative estimate of drug-likeness (QED) is 0.836. The molecule has 0 aliphatic carbocycles. The number of carbonyl (C=O) groups excluding carboxylic acids is 1. The molecule has 6 heteroatoms. The molecule has 0 spiro atoms. The Kier molecular flexibility index (Phi) is 5.33. The van der Waals surface area contributed by atoms with Crippen LogP contribution in [-0.4, -0.2) is 39.6 Å². The number of piperidine rings is 1. The first-order valence-electron chi connectivity index (χ1n) is 8.64. The first-order valence-corrected chi connectivity index (χ1v) is 9.02. The Balaban J connectivity index is 1.57. The molecule has 0 radical (unpaired) electrons. The van der Waals surface area contributed by atoms with E-state index >= 15 is 0 Å². The van der Waals surface area contributed by atoms with Crippen molar-refractivity contribution in [2.45, 2.75) is 38.7 Å². The van der Waals surface area contributed by atoms with Crippen molar-refractivity contribution in [3.05, 3.63) is 47.0 Å². The van der Waals surface area contributed by atoms with Crippen LogP contribution in [0.25, 0.3) is 0 Å². The lowest BCUT2D eigenvalue weighted by atomic mass is 9.95. The predicted molar refractivity (Wildman–Crippen MR) is 98.0 cm³/mol. The smallest absolute Gasteiger partial charge is 0.263 e. The molecule has 0 N–H and O–H groups in total. The summed E-state index contributed by atoms with van der Waals surface area (Å²) in [7, 11) is 2.02. The summed E-state index contributed by atoms with van der Waals surface area (Å²) in [6.07, 6.45) is 5.16. The summed E-state index contributed by atoms with van der Waals surface area (Å²) >= 11 is 5.97. The van der Waals surface area contributed by atoms with E-state index in [9.17, 15) is 4.79 Å². The molecule has 1 fully saturated rings. The average Bonchev–Trinajstić information content (AvgIpc) is 3.03. The number of benzene rings is 1. The number of halogens is 1. The van der Waals surface area contributed by atoms with Gasteiger partial charge in [-0.1, -0.05) is 11.6 Å². The van der Waals surface area contributed by atoms with Crippen LogP contribution in [0.5, 0.6) is 5.75 Å². The molecule has 25 heavy (non-hydrogen) atoms. The standard InChI is InChI=1S/C19H24ClN3O2/c1-13-12-16(20)4-5-17(13)25-14(2)19(24)23-9-6-15(7-10-23)18-21-8-11-22(18)3/h4-5,8,11-12,14-15H,6-7,9-10H2,1-3H3/t14-/m1/s1. The van der Waals surface area contributed by atoms with Gasteiger partial charge in [-0.3, -0.25) is 4.79 Å². The number of nitrogens with zero attached hydrogens (tertiary/aromatic N) is 3. The molecule has 0 bridgehead atoms. The number of ether oxygens (including phenoxy) is 1. The molecule has 2 aromatic rings. The molecule has 3 rings (SSSR count). The molecule has 1 amide bonds. The highest BCUT2D eigenvalue weighted by molar-refractivity contribution is 6.30. The van der Waals surface area contributed by atoms with Crippen LogP contribution >= 0.6 is 11.6 Å². The van der Waals surface area contributed by atoms with Crippen LogP contribution in [0.3, 0.4) is 0 Å².